The number of aromatic amines is 2. The Morgan fingerprint density at radius 3 is 0.825 bits per heavy atom. The quantitative estimate of drug-likeness (QED) is 0.118. The summed E-state index contributed by atoms with van der Waals surface area (Å²) in [4.78, 5) is 18.3. The van der Waals surface area contributed by atoms with Crippen LogP contribution in [0.2, 0.25) is 0 Å². The van der Waals surface area contributed by atoms with E-state index < -0.39 is 0 Å². The summed E-state index contributed by atoms with van der Waals surface area (Å²) in [5.41, 5.74) is 15.3. The number of fused-ring (bicyclic) bond motifs is 20. The molecule has 0 amide bonds. The molecule has 0 saturated carbocycles. The molecule has 386 valence electrons. The Hall–Kier alpha value is -9.56. The van der Waals surface area contributed by atoms with Crippen LogP contribution in [0.3, 0.4) is 0 Å². The van der Waals surface area contributed by atoms with Crippen LogP contribution in [0.5, 0.6) is 23.0 Å². The fourth-order valence-corrected chi connectivity index (χ4v) is 14.5. The minimum atomic E-state index is 0.706. The molecule has 9 heterocycles. The topological polar surface area (TPSA) is 94.3 Å². The van der Waals surface area contributed by atoms with Crippen molar-refractivity contribution in [3.8, 4) is 67.5 Å². The van der Waals surface area contributed by atoms with Crippen molar-refractivity contribution in [2.75, 3.05) is 0 Å². The average molecular weight is 1110 g/mol. The summed E-state index contributed by atoms with van der Waals surface area (Å²) >= 11 is 6.99. The molecular weight excluding hydrogens is 1070 g/mol. The van der Waals surface area contributed by atoms with Gasteiger partial charge in [0.2, 0.25) is 0 Å². The van der Waals surface area contributed by atoms with Crippen LogP contribution in [0.15, 0.2) is 221 Å². The molecule has 0 atom stereocenters. The van der Waals surface area contributed by atoms with Crippen LogP contribution >= 0.6 is 45.3 Å². The maximum atomic E-state index is 5.66. The molecule has 80 heavy (non-hydrogen) atoms. The van der Waals surface area contributed by atoms with Gasteiger partial charge in [0.05, 0.1) is 58.9 Å². The number of hydrogen-bond acceptors (Lipinski definition) is 10. The van der Waals surface area contributed by atoms with Crippen LogP contribution in [0, 0.1) is 0 Å². The summed E-state index contributed by atoms with van der Waals surface area (Å²) < 4.78 is 31.6. The van der Waals surface area contributed by atoms with Crippen LogP contribution < -0.4 is 18.9 Å². The number of thiophene rings is 4. The first-order chi connectivity index (χ1) is 39.4. The van der Waals surface area contributed by atoms with Gasteiger partial charge in [-0.1, -0.05) is 74.8 Å². The minimum Gasteiger partial charge on any atom is -0.466 e. The number of nitrogens with zero attached hydrogens (tertiary/aromatic N) is 2. The van der Waals surface area contributed by atoms with Crippen molar-refractivity contribution >= 4 is 129 Å². The van der Waals surface area contributed by atoms with Crippen molar-refractivity contribution in [3.63, 3.8) is 0 Å². The molecule has 0 unspecified atom stereocenters. The van der Waals surface area contributed by atoms with E-state index in [-0.39, 0.29) is 0 Å². The molecule has 16 bridgehead atoms. The van der Waals surface area contributed by atoms with Gasteiger partial charge >= 0.3 is 0 Å². The summed E-state index contributed by atoms with van der Waals surface area (Å²) in [7, 11) is 0. The second-order valence-electron chi connectivity index (χ2n) is 18.4. The van der Waals surface area contributed by atoms with Gasteiger partial charge in [-0.25, -0.2) is 9.97 Å². The van der Waals surface area contributed by atoms with Crippen LogP contribution in [-0.4, -0.2) is 19.9 Å². The molecule has 12 heteroatoms. The first-order valence-corrected chi connectivity index (χ1v) is 28.8. The molecule has 0 radical (unpaired) electrons. The van der Waals surface area contributed by atoms with Crippen molar-refractivity contribution in [2.24, 2.45) is 0 Å². The Balaban J connectivity index is 1.10. The van der Waals surface area contributed by atoms with E-state index in [4.69, 9.17) is 28.9 Å². The Morgan fingerprint density at radius 2 is 0.525 bits per heavy atom. The number of benzene rings is 4. The lowest BCUT2D eigenvalue weighted by atomic mass is 10.0. The lowest BCUT2D eigenvalue weighted by molar-refractivity contribution is 0.483. The zero-order chi connectivity index (χ0) is 54.1. The number of rotatable bonds is 12. The molecule has 7 aromatic heterocycles. The molecule has 4 aromatic carbocycles. The van der Waals surface area contributed by atoms with Gasteiger partial charge in [-0.3, -0.25) is 0 Å². The van der Waals surface area contributed by atoms with Gasteiger partial charge in [0.1, 0.15) is 23.0 Å². The summed E-state index contributed by atoms with van der Waals surface area (Å²) in [6.45, 7) is 15.1. The summed E-state index contributed by atoms with van der Waals surface area (Å²) in [5.74, 6) is 2.83. The second-order valence-corrected chi connectivity index (χ2v) is 22.7. The minimum absolute atomic E-state index is 0.706. The fourth-order valence-electron chi connectivity index (χ4n) is 9.98. The molecule has 0 saturated heterocycles. The normalized spacial score (nSPS) is 11.6. The van der Waals surface area contributed by atoms with Crippen molar-refractivity contribution in [1.29, 1.82) is 0 Å². The SMILES string of the molecule is C=COc1ccc(-c2c3nc(c4ccc([nH]4)c(-c4ccc(OC=C)cc4)c4ccc(s4)c4ccc(s4)c(-c4ccc(OC=C)cc4)c4nc(c5ccc([nH]5)c(-c5ccc(OC=C)cc5)c5ccc(s5)c5ccc2s5)C=C4)C=C3)cc1. The third-order valence-corrected chi connectivity index (χ3v) is 18.4. The lowest BCUT2D eigenvalue weighted by Crippen LogP contribution is -1.85. The van der Waals surface area contributed by atoms with E-state index in [2.05, 4.69) is 182 Å². The zero-order valence-electron chi connectivity index (χ0n) is 42.8. The van der Waals surface area contributed by atoms with Crippen LogP contribution in [0.25, 0.3) is 128 Å². The molecule has 2 aliphatic rings. The summed E-state index contributed by atoms with van der Waals surface area (Å²) in [6, 6.07) is 58.7. The van der Waals surface area contributed by atoms with E-state index in [1.807, 2.05) is 48.5 Å². The summed E-state index contributed by atoms with van der Waals surface area (Å²) in [6.07, 6.45) is 14.2. The monoisotopic (exact) mass is 1110 g/mol. The van der Waals surface area contributed by atoms with Crippen LogP contribution in [-0.2, 0) is 0 Å². The Kier molecular flexibility index (Phi) is 13.6. The highest BCUT2D eigenvalue weighted by Gasteiger charge is 2.17. The Bertz CT molecular complexity index is 4370. The number of ether oxygens (including phenoxy) is 4. The highest BCUT2D eigenvalue weighted by atomic mass is 32.1. The number of nitrogens with one attached hydrogen (secondary N) is 2. The molecule has 0 aliphatic carbocycles. The second kappa shape index (κ2) is 21.7. The number of hydrogen-bond donors (Lipinski definition) is 2. The molecule has 2 N–H and O–H groups in total. The van der Waals surface area contributed by atoms with Gasteiger partial charge in [-0.05, 0) is 168 Å². The van der Waals surface area contributed by atoms with Gasteiger partial charge in [0.15, 0.2) is 0 Å². The van der Waals surface area contributed by atoms with Gasteiger partial charge in [0.25, 0.3) is 0 Å². The van der Waals surface area contributed by atoms with Crippen molar-refractivity contribution < 1.29 is 18.9 Å². The molecular formula is C68H46N4O4S4. The van der Waals surface area contributed by atoms with E-state index >= 15 is 0 Å². The highest BCUT2D eigenvalue weighted by Crippen LogP contribution is 2.43. The molecule has 2 aliphatic heterocycles. The predicted octanol–water partition coefficient (Wildman–Crippen LogP) is 20.5. The fraction of sp³-hybridized carbons (Fsp3) is 0. The number of aromatic nitrogens is 4. The third-order valence-electron chi connectivity index (χ3n) is 13.6. The van der Waals surface area contributed by atoms with Gasteiger partial charge < -0.3 is 28.9 Å². The largest absolute Gasteiger partial charge is 0.466 e. The van der Waals surface area contributed by atoms with E-state index in [9.17, 15) is 0 Å². The van der Waals surface area contributed by atoms with Crippen molar-refractivity contribution in [2.45, 2.75) is 0 Å². The Labute approximate surface area is 476 Å². The smallest absolute Gasteiger partial charge is 0.126 e. The average Bonchev–Trinajstić information content (AvgIpc) is 4.38. The maximum absolute atomic E-state index is 5.66. The Morgan fingerprint density at radius 1 is 0.275 bits per heavy atom. The lowest BCUT2D eigenvalue weighted by Gasteiger charge is -2.05. The van der Waals surface area contributed by atoms with Gasteiger partial charge in [0, 0.05) is 70.9 Å². The van der Waals surface area contributed by atoms with Gasteiger partial charge in [-0.2, -0.15) is 0 Å². The molecule has 13 rings (SSSR count). The first kappa shape index (κ1) is 50.0. The molecule has 0 spiro atoms. The van der Waals surface area contributed by atoms with Crippen LogP contribution in [0.1, 0.15) is 22.8 Å². The molecule has 8 nitrogen and oxygen atoms in total. The third kappa shape index (κ3) is 9.78. The predicted molar refractivity (Wildman–Crippen MR) is 341 cm³/mol. The number of H-pyrrole nitrogens is 2. The van der Waals surface area contributed by atoms with Crippen LogP contribution in [0.4, 0.5) is 0 Å². The zero-order valence-corrected chi connectivity index (χ0v) is 46.0. The van der Waals surface area contributed by atoms with Crippen molar-refractivity contribution in [1.82, 2.24) is 19.9 Å². The van der Waals surface area contributed by atoms with E-state index in [0.29, 0.717) is 23.0 Å². The first-order valence-electron chi connectivity index (χ1n) is 25.5. The maximum Gasteiger partial charge on any atom is 0.126 e. The summed E-state index contributed by atoms with van der Waals surface area (Å²) in [5, 5.41) is 0. The standard InChI is InChI=1S/C68H46N4O4S4/c1-5-73-45-17-9-41(10-18-45)65-53-29-25-49(69-53)50-26-30-54(70-50)66(42-11-19-46(20-12-42)74-6-2)63-39-35-59(79-63)60-36-40-64(80-60)68(44-15-23-48(24-16-44)76-8-4)56-32-28-52(72-56)51-27-31-55(71-51)67(43-13-21-47(22-14-43)75-7-3)62-38-34-58(78-62)57-33-37-61(65)77-57/h5-40,69,72H,1-4H2. The molecule has 0 fully saturated rings. The van der Waals surface area contributed by atoms with Gasteiger partial charge in [-0.15, -0.1) is 45.3 Å². The van der Waals surface area contributed by atoms with Crippen molar-refractivity contribution in [3.05, 3.63) is 244 Å². The highest BCUT2D eigenvalue weighted by molar-refractivity contribution is 7.31. The van der Waals surface area contributed by atoms with E-state index in [0.717, 1.165) is 127 Å². The van der Waals surface area contributed by atoms with E-state index in [1.54, 1.807) is 45.3 Å². The molecule has 11 aromatic rings. The van der Waals surface area contributed by atoms with E-state index in [1.165, 1.54) is 25.0 Å².